The van der Waals surface area contributed by atoms with Crippen molar-refractivity contribution >= 4 is 0 Å². The van der Waals surface area contributed by atoms with E-state index in [9.17, 15) is 0 Å². The third-order valence-corrected chi connectivity index (χ3v) is 3.86. The molecule has 0 aliphatic carbocycles. The normalized spacial score (nSPS) is 32.4. The summed E-state index contributed by atoms with van der Waals surface area (Å²) in [6.45, 7) is 7.77. The van der Waals surface area contributed by atoms with Crippen molar-refractivity contribution in [3.05, 3.63) is 23.8 Å². The van der Waals surface area contributed by atoms with Crippen molar-refractivity contribution in [1.29, 1.82) is 0 Å². The Hall–Kier alpha value is -1.04. The fraction of sp³-hybridized carbons (Fsp3) is 0.692. The van der Waals surface area contributed by atoms with Crippen molar-refractivity contribution in [2.24, 2.45) is 5.73 Å². The molecular formula is C13H21N5. The molecule has 18 heavy (non-hydrogen) atoms. The molecule has 5 heteroatoms. The quantitative estimate of drug-likeness (QED) is 0.817. The van der Waals surface area contributed by atoms with E-state index in [-0.39, 0.29) is 6.04 Å². The van der Waals surface area contributed by atoms with Crippen molar-refractivity contribution in [3.8, 4) is 0 Å². The molecule has 4 rings (SSSR count). The average Bonchev–Trinajstić information content (AvgIpc) is 2.40. The van der Waals surface area contributed by atoms with Gasteiger partial charge in [0.15, 0.2) is 0 Å². The van der Waals surface area contributed by atoms with Gasteiger partial charge in [-0.2, -0.15) is 0 Å². The Morgan fingerprint density at radius 1 is 1.28 bits per heavy atom. The molecule has 1 aromatic rings. The summed E-state index contributed by atoms with van der Waals surface area (Å²) < 4.78 is 0. The molecule has 2 atom stereocenters. The van der Waals surface area contributed by atoms with Gasteiger partial charge in [0.1, 0.15) is 5.82 Å². The highest BCUT2D eigenvalue weighted by molar-refractivity contribution is 5.10. The topological polar surface area (TPSA) is 58.3 Å². The first-order valence-electron chi connectivity index (χ1n) is 6.75. The molecule has 3 saturated heterocycles. The molecular weight excluding hydrogens is 226 g/mol. The monoisotopic (exact) mass is 247 g/mol. The highest BCUT2D eigenvalue weighted by Gasteiger charge is 2.34. The van der Waals surface area contributed by atoms with Gasteiger partial charge >= 0.3 is 0 Å². The Balaban J connectivity index is 1.73. The third-order valence-electron chi connectivity index (χ3n) is 3.86. The molecule has 3 aliphatic rings. The largest absolute Gasteiger partial charge is 0.328 e. The van der Waals surface area contributed by atoms with Gasteiger partial charge in [-0.3, -0.25) is 9.80 Å². The predicted octanol–water partition coefficient (Wildman–Crippen LogP) is 0.0386. The molecule has 2 N–H and O–H groups in total. The first kappa shape index (κ1) is 12.0. The van der Waals surface area contributed by atoms with Gasteiger partial charge in [0.05, 0.1) is 6.04 Å². The summed E-state index contributed by atoms with van der Waals surface area (Å²) in [5.74, 6) is 0.966. The molecule has 1 aromatic heterocycles. The number of nitrogens with zero attached hydrogens (tertiary/aromatic N) is 4. The van der Waals surface area contributed by atoms with E-state index in [1.54, 1.807) is 0 Å². The maximum atomic E-state index is 5.78. The summed E-state index contributed by atoms with van der Waals surface area (Å²) in [7, 11) is 0. The van der Waals surface area contributed by atoms with E-state index in [0.29, 0.717) is 6.04 Å². The summed E-state index contributed by atoms with van der Waals surface area (Å²) in [4.78, 5) is 14.1. The zero-order valence-electron chi connectivity index (χ0n) is 10.9. The highest BCUT2D eigenvalue weighted by atomic mass is 15.4. The number of nitrogens with two attached hydrogens (primary N) is 1. The predicted molar refractivity (Wildman–Crippen MR) is 70.1 cm³/mol. The molecule has 0 spiro atoms. The van der Waals surface area contributed by atoms with Crippen molar-refractivity contribution in [1.82, 2.24) is 19.8 Å². The average molecular weight is 247 g/mol. The van der Waals surface area contributed by atoms with Crippen LogP contribution >= 0.6 is 0 Å². The van der Waals surface area contributed by atoms with E-state index in [1.807, 2.05) is 19.3 Å². The van der Waals surface area contributed by atoms with Crippen LogP contribution < -0.4 is 5.73 Å². The molecule has 0 aromatic carbocycles. The van der Waals surface area contributed by atoms with Gasteiger partial charge in [-0.1, -0.05) is 0 Å². The summed E-state index contributed by atoms with van der Waals surface area (Å²) in [6, 6.07) is 0.553. The molecule has 3 aliphatic heterocycles. The van der Waals surface area contributed by atoms with Gasteiger partial charge in [-0.05, 0) is 18.9 Å². The van der Waals surface area contributed by atoms with Crippen LogP contribution in [0, 0.1) is 0 Å². The van der Waals surface area contributed by atoms with Gasteiger partial charge in [0, 0.05) is 51.2 Å². The number of hydrogen-bond acceptors (Lipinski definition) is 5. The van der Waals surface area contributed by atoms with E-state index in [0.717, 1.165) is 37.4 Å². The van der Waals surface area contributed by atoms with Crippen molar-refractivity contribution < 1.29 is 0 Å². The lowest BCUT2D eigenvalue weighted by Gasteiger charge is -2.46. The van der Waals surface area contributed by atoms with E-state index < -0.39 is 0 Å². The Bertz CT molecular complexity index is 394. The lowest BCUT2D eigenvalue weighted by Crippen LogP contribution is -2.57. The van der Waals surface area contributed by atoms with E-state index >= 15 is 0 Å². The first-order valence-corrected chi connectivity index (χ1v) is 6.75. The van der Waals surface area contributed by atoms with Gasteiger partial charge in [0.2, 0.25) is 0 Å². The minimum absolute atomic E-state index is 0.167. The first-order chi connectivity index (χ1) is 8.72. The molecule has 3 fully saturated rings. The zero-order valence-corrected chi connectivity index (χ0v) is 10.9. The van der Waals surface area contributed by atoms with Crippen LogP contribution in [0.4, 0.5) is 0 Å². The van der Waals surface area contributed by atoms with Crippen LogP contribution in [0.1, 0.15) is 24.4 Å². The second-order valence-electron chi connectivity index (χ2n) is 5.48. The number of rotatable bonds is 3. The second kappa shape index (κ2) is 4.91. The van der Waals surface area contributed by atoms with E-state index in [4.69, 9.17) is 5.73 Å². The fourth-order valence-corrected chi connectivity index (χ4v) is 2.88. The number of piperazine rings is 3. The van der Waals surface area contributed by atoms with Gasteiger partial charge in [-0.15, -0.1) is 0 Å². The summed E-state index contributed by atoms with van der Waals surface area (Å²) in [5.41, 5.74) is 6.91. The van der Waals surface area contributed by atoms with Crippen molar-refractivity contribution in [3.63, 3.8) is 0 Å². The van der Waals surface area contributed by atoms with Crippen molar-refractivity contribution in [2.45, 2.75) is 25.4 Å². The maximum absolute atomic E-state index is 5.78. The van der Waals surface area contributed by atoms with Crippen LogP contribution in [0.15, 0.2) is 12.4 Å². The minimum atomic E-state index is 0.167. The van der Waals surface area contributed by atoms with Crippen LogP contribution in [0.3, 0.4) is 0 Å². The summed E-state index contributed by atoms with van der Waals surface area (Å²) in [5, 5.41) is 0. The summed E-state index contributed by atoms with van der Waals surface area (Å²) in [6.07, 6.45) is 4.72. The van der Waals surface area contributed by atoms with Crippen LogP contribution in [0.5, 0.6) is 0 Å². The van der Waals surface area contributed by atoms with Gasteiger partial charge < -0.3 is 5.73 Å². The standard InChI is InChI=1S/C13H21N5/c1-10(14)6-11-7-15-13(16-8-11)12-9-17-2-4-18(12)5-3-17/h7-8,10,12H,2-6,9,14H2,1H3. The van der Waals surface area contributed by atoms with Crippen molar-refractivity contribution in [2.75, 3.05) is 32.7 Å². The fourth-order valence-electron chi connectivity index (χ4n) is 2.88. The lowest BCUT2D eigenvalue weighted by molar-refractivity contribution is 0.00862. The highest BCUT2D eigenvalue weighted by Crippen LogP contribution is 2.26. The zero-order chi connectivity index (χ0) is 12.5. The van der Waals surface area contributed by atoms with E-state index in [2.05, 4.69) is 19.8 Å². The molecule has 5 nitrogen and oxygen atoms in total. The number of hydrogen-bond donors (Lipinski definition) is 1. The maximum Gasteiger partial charge on any atom is 0.146 e. The lowest BCUT2D eigenvalue weighted by atomic mass is 10.1. The van der Waals surface area contributed by atoms with E-state index in [1.165, 1.54) is 13.1 Å². The van der Waals surface area contributed by atoms with Crippen LogP contribution in [0.25, 0.3) is 0 Å². The summed E-state index contributed by atoms with van der Waals surface area (Å²) >= 11 is 0. The minimum Gasteiger partial charge on any atom is -0.328 e. The van der Waals surface area contributed by atoms with Gasteiger partial charge in [-0.25, -0.2) is 9.97 Å². The Kier molecular flexibility index (Phi) is 3.28. The number of aromatic nitrogens is 2. The Labute approximate surface area is 108 Å². The third kappa shape index (κ3) is 2.39. The SMILES string of the molecule is CC(N)Cc1cnc(C2CN3CCN2CC3)nc1. The molecule has 0 radical (unpaired) electrons. The Morgan fingerprint density at radius 3 is 2.44 bits per heavy atom. The second-order valence-corrected chi connectivity index (χ2v) is 5.48. The molecule has 4 heterocycles. The molecule has 0 saturated carbocycles. The van der Waals surface area contributed by atoms with Crippen LogP contribution in [-0.2, 0) is 6.42 Å². The smallest absolute Gasteiger partial charge is 0.146 e. The van der Waals surface area contributed by atoms with Gasteiger partial charge in [0.25, 0.3) is 0 Å². The molecule has 2 unspecified atom stereocenters. The Morgan fingerprint density at radius 2 is 1.94 bits per heavy atom. The molecule has 0 amide bonds. The van der Waals surface area contributed by atoms with Crippen LogP contribution in [0.2, 0.25) is 0 Å². The van der Waals surface area contributed by atoms with Crippen LogP contribution in [-0.4, -0.2) is 58.5 Å². The molecule has 98 valence electrons. The molecule has 2 bridgehead atoms. The number of fused-ring (bicyclic) bond motifs is 3.